The highest BCUT2D eigenvalue weighted by molar-refractivity contribution is 5.74. The van der Waals surface area contributed by atoms with Crippen LogP contribution in [0.15, 0.2) is 0 Å². The van der Waals surface area contributed by atoms with Crippen molar-refractivity contribution in [3.05, 3.63) is 0 Å². The molecule has 7 heteroatoms. The summed E-state index contributed by atoms with van der Waals surface area (Å²) in [5.74, 6) is 2.19. The number of rotatable bonds is 1. The molecule has 0 aromatic carbocycles. The van der Waals surface area contributed by atoms with Crippen molar-refractivity contribution in [1.29, 1.82) is 0 Å². The summed E-state index contributed by atoms with van der Waals surface area (Å²) < 4.78 is 37.4. The van der Waals surface area contributed by atoms with Crippen LogP contribution in [0.3, 0.4) is 0 Å². The second kappa shape index (κ2) is 4.84. The van der Waals surface area contributed by atoms with E-state index in [4.69, 9.17) is 6.42 Å². The lowest BCUT2D eigenvalue weighted by atomic mass is 9.91. The van der Waals surface area contributed by atoms with Crippen molar-refractivity contribution in [2.45, 2.75) is 24.6 Å². The van der Waals surface area contributed by atoms with Gasteiger partial charge in [0.2, 0.25) is 0 Å². The molecule has 0 atom stereocenters. The van der Waals surface area contributed by atoms with E-state index in [1.54, 1.807) is 0 Å². The number of terminal acetylenes is 1. The summed E-state index contributed by atoms with van der Waals surface area (Å²) in [6.45, 7) is -0.266. The van der Waals surface area contributed by atoms with Crippen LogP contribution < -0.4 is 5.32 Å². The number of urea groups is 1. The van der Waals surface area contributed by atoms with Gasteiger partial charge in [0.05, 0.1) is 6.54 Å². The number of alkyl halides is 3. The molecule has 0 bridgehead atoms. The summed E-state index contributed by atoms with van der Waals surface area (Å²) >= 11 is 0. The smallest absolute Gasteiger partial charge is 0.380 e. The van der Waals surface area contributed by atoms with E-state index >= 15 is 0 Å². The summed E-state index contributed by atoms with van der Waals surface area (Å²) in [5.41, 5.74) is -2.68. The number of piperidine rings is 1. The molecule has 1 rings (SSSR count). The fraction of sp³-hybridized carbons (Fsp3) is 0.700. The van der Waals surface area contributed by atoms with Crippen LogP contribution in [0.1, 0.15) is 12.8 Å². The third-order valence-corrected chi connectivity index (χ3v) is 2.75. The van der Waals surface area contributed by atoms with Crippen molar-refractivity contribution in [2.75, 3.05) is 19.6 Å². The second-order valence-corrected chi connectivity index (χ2v) is 3.88. The molecule has 1 saturated heterocycles. The topological polar surface area (TPSA) is 52.6 Å². The van der Waals surface area contributed by atoms with E-state index in [9.17, 15) is 23.1 Å². The molecule has 2 N–H and O–H groups in total. The Hall–Kier alpha value is -1.42. The molecule has 0 aliphatic carbocycles. The summed E-state index contributed by atoms with van der Waals surface area (Å²) in [4.78, 5) is 12.6. The van der Waals surface area contributed by atoms with Gasteiger partial charge in [-0.2, -0.15) is 13.2 Å². The van der Waals surface area contributed by atoms with Gasteiger partial charge in [-0.05, 0) is 0 Å². The molecule has 4 nitrogen and oxygen atoms in total. The maximum Gasteiger partial charge on any atom is 0.417 e. The number of halogens is 3. The number of amides is 2. The molecule has 1 aliphatic rings. The van der Waals surface area contributed by atoms with E-state index in [1.165, 1.54) is 4.90 Å². The molecule has 0 saturated carbocycles. The molecule has 0 radical (unpaired) electrons. The molecule has 0 aromatic rings. The Morgan fingerprint density at radius 3 is 2.41 bits per heavy atom. The molecular formula is C10H13F3N2O2. The minimum atomic E-state index is -4.66. The van der Waals surface area contributed by atoms with Gasteiger partial charge in [-0.3, -0.25) is 0 Å². The monoisotopic (exact) mass is 250 g/mol. The Morgan fingerprint density at radius 2 is 2.00 bits per heavy atom. The van der Waals surface area contributed by atoms with E-state index in [1.807, 2.05) is 0 Å². The fourth-order valence-electron chi connectivity index (χ4n) is 1.60. The van der Waals surface area contributed by atoms with Crippen LogP contribution >= 0.6 is 0 Å². The number of carbonyl (C=O) groups is 1. The minimum Gasteiger partial charge on any atom is -0.380 e. The predicted octanol–water partition coefficient (Wildman–Crippen LogP) is 0.718. The summed E-state index contributed by atoms with van der Waals surface area (Å²) in [5, 5.41) is 11.7. The number of nitrogens with zero attached hydrogens (tertiary/aromatic N) is 1. The van der Waals surface area contributed by atoms with Crippen LogP contribution in [0.4, 0.5) is 18.0 Å². The number of likely N-dealkylation sites (tertiary alicyclic amines) is 1. The van der Waals surface area contributed by atoms with E-state index in [-0.39, 0.29) is 19.6 Å². The van der Waals surface area contributed by atoms with Crippen LogP contribution in [-0.2, 0) is 0 Å². The average Bonchev–Trinajstić information content (AvgIpc) is 2.25. The van der Waals surface area contributed by atoms with E-state index in [0.29, 0.717) is 0 Å². The number of nitrogens with one attached hydrogen (secondary N) is 1. The molecule has 17 heavy (non-hydrogen) atoms. The third-order valence-electron chi connectivity index (χ3n) is 2.75. The zero-order valence-corrected chi connectivity index (χ0v) is 9.05. The Labute approximate surface area is 96.8 Å². The molecular weight excluding hydrogens is 237 g/mol. The normalized spacial score (nSPS) is 19.6. The predicted molar refractivity (Wildman–Crippen MR) is 54.0 cm³/mol. The maximum atomic E-state index is 12.5. The quantitative estimate of drug-likeness (QED) is 0.674. The number of carbonyl (C=O) groups excluding carboxylic acids is 1. The largest absolute Gasteiger partial charge is 0.417 e. The van der Waals surface area contributed by atoms with Crippen LogP contribution in [0.25, 0.3) is 0 Å². The van der Waals surface area contributed by atoms with Gasteiger partial charge in [0.25, 0.3) is 0 Å². The summed E-state index contributed by atoms with van der Waals surface area (Å²) in [7, 11) is 0. The van der Waals surface area contributed by atoms with Gasteiger partial charge in [-0.15, -0.1) is 6.42 Å². The van der Waals surface area contributed by atoms with E-state index < -0.39 is 30.7 Å². The molecule has 1 heterocycles. The van der Waals surface area contributed by atoms with E-state index in [2.05, 4.69) is 11.2 Å². The van der Waals surface area contributed by atoms with E-state index in [0.717, 1.165) is 0 Å². The summed E-state index contributed by atoms with van der Waals surface area (Å²) in [6.07, 6.45) is -0.752. The van der Waals surface area contributed by atoms with Crippen molar-refractivity contribution in [3.8, 4) is 12.3 Å². The first-order valence-corrected chi connectivity index (χ1v) is 5.05. The van der Waals surface area contributed by atoms with Gasteiger partial charge in [-0.1, -0.05) is 5.92 Å². The zero-order chi connectivity index (χ0) is 13.1. The first-order valence-electron chi connectivity index (χ1n) is 5.05. The fourth-order valence-corrected chi connectivity index (χ4v) is 1.60. The van der Waals surface area contributed by atoms with Gasteiger partial charge in [-0.25, -0.2) is 4.79 Å². The van der Waals surface area contributed by atoms with Crippen molar-refractivity contribution >= 4 is 6.03 Å². The van der Waals surface area contributed by atoms with Crippen LogP contribution in [0.2, 0.25) is 0 Å². The van der Waals surface area contributed by atoms with Gasteiger partial charge in [0.1, 0.15) is 0 Å². The SMILES string of the molecule is C#CCNC(=O)N1CCC(O)(C(F)(F)F)CC1. The summed E-state index contributed by atoms with van der Waals surface area (Å²) in [6, 6.07) is -0.507. The Balaban J connectivity index is 2.52. The first kappa shape index (κ1) is 13.6. The molecule has 0 unspecified atom stereocenters. The molecule has 1 aliphatic heterocycles. The van der Waals surface area contributed by atoms with Crippen molar-refractivity contribution < 1.29 is 23.1 Å². The Bertz CT molecular complexity index is 327. The highest BCUT2D eigenvalue weighted by atomic mass is 19.4. The van der Waals surface area contributed by atoms with Crippen LogP contribution in [0.5, 0.6) is 0 Å². The minimum absolute atomic E-state index is 0.0267. The lowest BCUT2D eigenvalue weighted by Gasteiger charge is -2.38. The number of hydrogen-bond donors (Lipinski definition) is 2. The van der Waals surface area contributed by atoms with Gasteiger partial charge in [0.15, 0.2) is 5.60 Å². The van der Waals surface area contributed by atoms with Gasteiger partial charge in [0, 0.05) is 25.9 Å². The highest BCUT2D eigenvalue weighted by Crippen LogP contribution is 2.38. The molecule has 2 amide bonds. The van der Waals surface area contributed by atoms with Crippen molar-refractivity contribution in [1.82, 2.24) is 10.2 Å². The first-order chi connectivity index (χ1) is 7.80. The lowest BCUT2D eigenvalue weighted by Crippen LogP contribution is -2.55. The Kier molecular flexibility index (Phi) is 3.88. The van der Waals surface area contributed by atoms with Crippen molar-refractivity contribution in [2.24, 2.45) is 0 Å². The van der Waals surface area contributed by atoms with Gasteiger partial charge < -0.3 is 15.3 Å². The average molecular weight is 250 g/mol. The standard InChI is InChI=1S/C10H13F3N2O2/c1-2-5-14-8(16)15-6-3-9(17,4-7-15)10(11,12)13/h1,17H,3-7H2,(H,14,16). The van der Waals surface area contributed by atoms with Crippen LogP contribution in [-0.4, -0.2) is 47.4 Å². The lowest BCUT2D eigenvalue weighted by molar-refractivity contribution is -0.271. The van der Waals surface area contributed by atoms with Crippen LogP contribution in [0, 0.1) is 12.3 Å². The maximum absolute atomic E-state index is 12.5. The highest BCUT2D eigenvalue weighted by Gasteiger charge is 2.54. The zero-order valence-electron chi connectivity index (χ0n) is 9.05. The van der Waals surface area contributed by atoms with Gasteiger partial charge >= 0.3 is 12.2 Å². The molecule has 0 spiro atoms. The Morgan fingerprint density at radius 1 is 1.47 bits per heavy atom. The number of aliphatic hydroxyl groups is 1. The second-order valence-electron chi connectivity index (χ2n) is 3.88. The van der Waals surface area contributed by atoms with Crippen molar-refractivity contribution in [3.63, 3.8) is 0 Å². The molecule has 1 fully saturated rings. The molecule has 96 valence electrons. The number of hydrogen-bond acceptors (Lipinski definition) is 2. The molecule has 0 aromatic heterocycles. The third kappa shape index (κ3) is 3.03.